The molecule has 3 nitrogen and oxygen atoms in total. The number of alkyl halides is 1. The van der Waals surface area contributed by atoms with Crippen molar-refractivity contribution >= 4 is 11.6 Å². The molecule has 0 amide bonds. The first-order chi connectivity index (χ1) is 8.80. The van der Waals surface area contributed by atoms with Gasteiger partial charge in [-0.1, -0.05) is 0 Å². The van der Waals surface area contributed by atoms with Crippen molar-refractivity contribution in [2.75, 3.05) is 33.2 Å². The Kier molecular flexibility index (Phi) is 4.72. The molecule has 1 aliphatic heterocycles. The minimum absolute atomic E-state index is 0.208. The van der Waals surface area contributed by atoms with Crippen molar-refractivity contribution in [3.63, 3.8) is 0 Å². The molecule has 1 aliphatic rings. The fourth-order valence-corrected chi connectivity index (χ4v) is 2.89. The number of nitrogens with zero attached hydrogens (tertiary/aromatic N) is 1. The maximum atomic E-state index is 6.17. The summed E-state index contributed by atoms with van der Waals surface area (Å²) in [7, 11) is 3.37. The maximum Gasteiger partial charge on any atom is 0.123 e. The predicted octanol–water partition coefficient (Wildman–Crippen LogP) is 3.08. The molecule has 0 aromatic heterocycles. The Morgan fingerprint density at radius 2 is 1.94 bits per heavy atom. The molecule has 0 radical (unpaired) electrons. The molecular formula is C14H20ClNO2. The summed E-state index contributed by atoms with van der Waals surface area (Å²) in [6.45, 7) is 2.22. The Bertz CT molecular complexity index is 391. The highest BCUT2D eigenvalue weighted by molar-refractivity contribution is 6.18. The third-order valence-electron chi connectivity index (χ3n) is 3.52. The van der Waals surface area contributed by atoms with Crippen LogP contribution in [0.5, 0.6) is 11.5 Å². The van der Waals surface area contributed by atoms with Crippen LogP contribution in [0.2, 0.25) is 0 Å². The quantitative estimate of drug-likeness (QED) is 0.767. The zero-order valence-corrected chi connectivity index (χ0v) is 11.7. The van der Waals surface area contributed by atoms with Crippen LogP contribution in [-0.4, -0.2) is 38.1 Å². The molecule has 4 heteroatoms. The van der Waals surface area contributed by atoms with Gasteiger partial charge in [-0.05, 0) is 44.1 Å². The second kappa shape index (κ2) is 6.30. The van der Waals surface area contributed by atoms with Gasteiger partial charge >= 0.3 is 0 Å². The molecule has 1 fully saturated rings. The van der Waals surface area contributed by atoms with Gasteiger partial charge in [-0.25, -0.2) is 0 Å². The van der Waals surface area contributed by atoms with Crippen LogP contribution in [0.25, 0.3) is 0 Å². The summed E-state index contributed by atoms with van der Waals surface area (Å²) in [5.74, 6) is 2.30. The largest absolute Gasteiger partial charge is 0.497 e. The second-order valence-corrected chi connectivity index (χ2v) is 4.83. The van der Waals surface area contributed by atoms with Gasteiger partial charge in [0.25, 0.3) is 0 Å². The van der Waals surface area contributed by atoms with E-state index in [0.717, 1.165) is 30.2 Å². The summed E-state index contributed by atoms with van der Waals surface area (Å²) < 4.78 is 10.7. The number of halogens is 1. The summed E-state index contributed by atoms with van der Waals surface area (Å²) in [6, 6.07) is 6.10. The average Bonchev–Trinajstić information content (AvgIpc) is 2.93. The van der Waals surface area contributed by atoms with E-state index in [2.05, 4.69) is 4.90 Å². The van der Waals surface area contributed by atoms with Crippen LogP contribution in [0.1, 0.15) is 24.4 Å². The summed E-state index contributed by atoms with van der Waals surface area (Å²) in [6.07, 6.45) is 2.50. The van der Waals surface area contributed by atoms with Crippen LogP contribution in [0, 0.1) is 0 Å². The number of rotatable bonds is 5. The van der Waals surface area contributed by atoms with Gasteiger partial charge in [-0.15, -0.1) is 11.6 Å². The van der Waals surface area contributed by atoms with Crippen LogP contribution >= 0.6 is 11.6 Å². The average molecular weight is 270 g/mol. The molecule has 1 heterocycles. The molecule has 100 valence electrons. The van der Waals surface area contributed by atoms with E-state index in [1.807, 2.05) is 18.2 Å². The van der Waals surface area contributed by atoms with Gasteiger partial charge in [0.05, 0.1) is 20.3 Å². The molecule has 1 saturated heterocycles. The van der Waals surface area contributed by atoms with E-state index in [1.54, 1.807) is 14.2 Å². The predicted molar refractivity (Wildman–Crippen MR) is 73.8 cm³/mol. The van der Waals surface area contributed by atoms with Crippen molar-refractivity contribution in [2.45, 2.75) is 18.9 Å². The van der Waals surface area contributed by atoms with Gasteiger partial charge in [0.15, 0.2) is 0 Å². The highest BCUT2D eigenvalue weighted by Crippen LogP contribution is 2.35. The zero-order valence-electron chi connectivity index (χ0n) is 11.0. The monoisotopic (exact) mass is 269 g/mol. The minimum Gasteiger partial charge on any atom is -0.497 e. The van der Waals surface area contributed by atoms with Crippen molar-refractivity contribution in [2.24, 2.45) is 0 Å². The molecule has 0 aliphatic carbocycles. The lowest BCUT2D eigenvalue weighted by Crippen LogP contribution is -2.27. The molecule has 2 rings (SSSR count). The number of benzene rings is 1. The SMILES string of the molecule is COc1ccc(OC)c(C(CCl)N2CCCC2)c1. The van der Waals surface area contributed by atoms with Crippen LogP contribution in [0.4, 0.5) is 0 Å². The van der Waals surface area contributed by atoms with E-state index in [9.17, 15) is 0 Å². The van der Waals surface area contributed by atoms with E-state index < -0.39 is 0 Å². The molecule has 0 saturated carbocycles. The molecule has 18 heavy (non-hydrogen) atoms. The van der Waals surface area contributed by atoms with Gasteiger partial charge in [0.2, 0.25) is 0 Å². The normalized spacial score (nSPS) is 17.7. The van der Waals surface area contributed by atoms with E-state index in [4.69, 9.17) is 21.1 Å². The number of methoxy groups -OCH3 is 2. The Labute approximate surface area is 114 Å². The molecule has 1 aromatic carbocycles. The Hall–Kier alpha value is -0.930. The van der Waals surface area contributed by atoms with Crippen LogP contribution < -0.4 is 9.47 Å². The summed E-state index contributed by atoms with van der Waals surface area (Å²) in [5, 5.41) is 0. The Morgan fingerprint density at radius 1 is 1.22 bits per heavy atom. The second-order valence-electron chi connectivity index (χ2n) is 4.52. The molecule has 0 bridgehead atoms. The molecule has 1 unspecified atom stereocenters. The fourth-order valence-electron chi connectivity index (χ4n) is 2.53. The maximum absolute atomic E-state index is 6.17. The first kappa shape index (κ1) is 13.5. The molecule has 1 aromatic rings. The lowest BCUT2D eigenvalue weighted by Gasteiger charge is -2.27. The highest BCUT2D eigenvalue weighted by Gasteiger charge is 2.25. The Morgan fingerprint density at radius 3 is 2.50 bits per heavy atom. The van der Waals surface area contributed by atoms with Gasteiger partial charge in [0, 0.05) is 11.4 Å². The third-order valence-corrected chi connectivity index (χ3v) is 3.82. The summed E-state index contributed by atoms with van der Waals surface area (Å²) >= 11 is 6.17. The zero-order chi connectivity index (χ0) is 13.0. The van der Waals surface area contributed by atoms with Crippen molar-refractivity contribution in [1.82, 2.24) is 4.90 Å². The third kappa shape index (κ3) is 2.73. The van der Waals surface area contributed by atoms with E-state index in [1.165, 1.54) is 12.8 Å². The fraction of sp³-hybridized carbons (Fsp3) is 0.571. The summed E-state index contributed by atoms with van der Waals surface area (Å²) in [4.78, 5) is 2.42. The number of likely N-dealkylation sites (tertiary alicyclic amines) is 1. The van der Waals surface area contributed by atoms with E-state index in [-0.39, 0.29) is 6.04 Å². The van der Waals surface area contributed by atoms with Crippen LogP contribution in [0.15, 0.2) is 18.2 Å². The first-order valence-electron chi connectivity index (χ1n) is 6.32. The molecule has 0 spiro atoms. The lowest BCUT2D eigenvalue weighted by atomic mass is 10.1. The van der Waals surface area contributed by atoms with Crippen molar-refractivity contribution in [1.29, 1.82) is 0 Å². The van der Waals surface area contributed by atoms with Gasteiger partial charge < -0.3 is 9.47 Å². The Balaban J connectivity index is 2.32. The minimum atomic E-state index is 0.208. The number of hydrogen-bond acceptors (Lipinski definition) is 3. The first-order valence-corrected chi connectivity index (χ1v) is 6.85. The number of hydrogen-bond donors (Lipinski definition) is 0. The molecular weight excluding hydrogens is 250 g/mol. The highest BCUT2D eigenvalue weighted by atomic mass is 35.5. The van der Waals surface area contributed by atoms with Gasteiger partial charge in [0.1, 0.15) is 11.5 Å². The van der Waals surface area contributed by atoms with E-state index in [0.29, 0.717) is 5.88 Å². The smallest absolute Gasteiger partial charge is 0.123 e. The van der Waals surface area contributed by atoms with Crippen LogP contribution in [0.3, 0.4) is 0 Å². The van der Waals surface area contributed by atoms with Gasteiger partial charge in [-0.2, -0.15) is 0 Å². The lowest BCUT2D eigenvalue weighted by molar-refractivity contribution is 0.258. The van der Waals surface area contributed by atoms with E-state index >= 15 is 0 Å². The summed E-state index contributed by atoms with van der Waals surface area (Å²) in [5.41, 5.74) is 1.12. The van der Waals surface area contributed by atoms with Gasteiger partial charge in [-0.3, -0.25) is 4.90 Å². The van der Waals surface area contributed by atoms with Crippen LogP contribution in [-0.2, 0) is 0 Å². The van der Waals surface area contributed by atoms with Crippen molar-refractivity contribution in [3.8, 4) is 11.5 Å². The molecule has 1 atom stereocenters. The molecule has 0 N–H and O–H groups in total. The van der Waals surface area contributed by atoms with Crippen molar-refractivity contribution < 1.29 is 9.47 Å². The number of ether oxygens (including phenoxy) is 2. The standard InChI is InChI=1S/C14H20ClNO2/c1-17-11-5-6-14(18-2)12(9-11)13(10-15)16-7-3-4-8-16/h5-6,9,13H,3-4,7-8,10H2,1-2H3. The topological polar surface area (TPSA) is 21.7 Å². The van der Waals surface area contributed by atoms with Crippen molar-refractivity contribution in [3.05, 3.63) is 23.8 Å².